The van der Waals surface area contributed by atoms with Crippen molar-refractivity contribution in [2.75, 3.05) is 0 Å². The zero-order valence-corrected chi connectivity index (χ0v) is 27.8. The molecule has 0 bridgehead atoms. The molecule has 0 aliphatic heterocycles. The zero-order chi connectivity index (χ0) is 33.0. The number of fused-ring (bicyclic) bond motifs is 6. The summed E-state index contributed by atoms with van der Waals surface area (Å²) in [4.78, 5) is 0. The van der Waals surface area contributed by atoms with Crippen molar-refractivity contribution < 1.29 is 0 Å². The highest BCUT2D eigenvalue weighted by atomic mass is 14.2. The van der Waals surface area contributed by atoms with Crippen molar-refractivity contribution in [3.8, 4) is 22.3 Å². The van der Waals surface area contributed by atoms with Gasteiger partial charge in [0.15, 0.2) is 0 Å². The molecule has 0 aromatic heterocycles. The van der Waals surface area contributed by atoms with Gasteiger partial charge in [-0.1, -0.05) is 166 Å². The van der Waals surface area contributed by atoms with E-state index in [0.717, 1.165) is 0 Å². The number of benzene rings is 8. The predicted molar refractivity (Wildman–Crippen MR) is 213 cm³/mol. The molecule has 0 N–H and O–H groups in total. The third-order valence-corrected chi connectivity index (χ3v) is 10.3. The number of rotatable bonds is 3. The highest BCUT2D eigenvalue weighted by molar-refractivity contribution is 6.14. The first-order valence-electron chi connectivity index (χ1n) is 17.2. The monoisotopic (exact) mass is 624 g/mol. The summed E-state index contributed by atoms with van der Waals surface area (Å²) in [6, 6.07) is 56.0. The Labute approximate surface area is 288 Å². The molecule has 0 saturated carbocycles. The van der Waals surface area contributed by atoms with E-state index in [1.165, 1.54) is 87.6 Å². The van der Waals surface area contributed by atoms with Crippen LogP contribution in [-0.2, 0) is 5.41 Å². The highest BCUT2D eigenvalue weighted by Crippen LogP contribution is 2.37. The van der Waals surface area contributed by atoms with Crippen molar-refractivity contribution in [1.29, 1.82) is 0 Å². The lowest BCUT2D eigenvalue weighted by Gasteiger charge is -2.23. The molecule has 0 saturated heterocycles. The van der Waals surface area contributed by atoms with E-state index < -0.39 is 0 Å². The molecule has 0 fully saturated rings. The Morgan fingerprint density at radius 3 is 1.73 bits per heavy atom. The molecule has 0 radical (unpaired) electrons. The molecule has 9 rings (SSSR count). The highest BCUT2D eigenvalue weighted by Gasteiger charge is 2.20. The molecule has 8 aromatic rings. The van der Waals surface area contributed by atoms with Crippen LogP contribution >= 0.6 is 0 Å². The minimum absolute atomic E-state index is 0.0777. The van der Waals surface area contributed by atoms with Crippen molar-refractivity contribution >= 4 is 54.7 Å². The Balaban J connectivity index is 1.10. The Kier molecular flexibility index (Phi) is 6.92. The van der Waals surface area contributed by atoms with E-state index in [9.17, 15) is 0 Å². The van der Waals surface area contributed by atoms with Crippen LogP contribution < -0.4 is 0 Å². The molecule has 1 aliphatic rings. The molecule has 0 spiro atoms. The van der Waals surface area contributed by atoms with Crippen molar-refractivity contribution in [2.45, 2.75) is 19.3 Å². The molecular formula is C49H36. The van der Waals surface area contributed by atoms with Crippen LogP contribution in [0.5, 0.6) is 0 Å². The van der Waals surface area contributed by atoms with E-state index in [2.05, 4.69) is 196 Å². The van der Waals surface area contributed by atoms with Crippen molar-refractivity contribution in [3.05, 3.63) is 193 Å². The average Bonchev–Trinajstić information content (AvgIpc) is 3.21. The maximum Gasteiger partial charge on any atom is 0.00845 e. The lowest BCUT2D eigenvalue weighted by Crippen LogP contribution is -2.14. The normalized spacial score (nSPS) is 14.0. The number of allylic oxidation sites excluding steroid dienone is 5. The van der Waals surface area contributed by atoms with Crippen LogP contribution in [0.1, 0.15) is 30.5 Å². The van der Waals surface area contributed by atoms with Crippen LogP contribution in [0.15, 0.2) is 176 Å². The second-order valence-electron chi connectivity index (χ2n) is 13.9. The summed E-state index contributed by atoms with van der Waals surface area (Å²) in [5.41, 5.74) is 9.93. The molecule has 232 valence electrons. The number of hydrogen-bond acceptors (Lipinski definition) is 0. The van der Waals surface area contributed by atoms with Crippen LogP contribution in [-0.4, -0.2) is 0 Å². The van der Waals surface area contributed by atoms with Crippen LogP contribution in [0.3, 0.4) is 0 Å². The van der Waals surface area contributed by atoms with E-state index in [-0.39, 0.29) is 5.41 Å². The maximum absolute atomic E-state index is 2.36. The molecule has 0 nitrogen and oxygen atoms in total. The van der Waals surface area contributed by atoms with E-state index >= 15 is 0 Å². The van der Waals surface area contributed by atoms with Gasteiger partial charge in [0, 0.05) is 5.41 Å². The summed E-state index contributed by atoms with van der Waals surface area (Å²) in [5.74, 6) is 0. The van der Waals surface area contributed by atoms with E-state index in [0.29, 0.717) is 0 Å². The first-order chi connectivity index (χ1) is 24.0. The van der Waals surface area contributed by atoms with Crippen LogP contribution in [0.25, 0.3) is 77.0 Å². The third kappa shape index (κ3) is 5.27. The standard InChI is InChI=1S/C49H36/c1-49(2)27-26-33(12-9-13-36-10-4-8-17-48(36)49)37-22-18-34-19-23-38(29-42(34)28-37)39-24-20-35-21-25-41(31-43(35)30-39)47-32-40-11-3-5-14-44(40)45-15-6-7-16-46(45)47/h3-32H,1-2H3. The molecule has 0 amide bonds. The van der Waals surface area contributed by atoms with Gasteiger partial charge in [0.05, 0.1) is 0 Å². The second kappa shape index (κ2) is 11.6. The van der Waals surface area contributed by atoms with E-state index in [4.69, 9.17) is 0 Å². The summed E-state index contributed by atoms with van der Waals surface area (Å²) in [6.07, 6.45) is 11.3. The van der Waals surface area contributed by atoms with Gasteiger partial charge >= 0.3 is 0 Å². The summed E-state index contributed by atoms with van der Waals surface area (Å²) < 4.78 is 0. The predicted octanol–water partition coefficient (Wildman–Crippen LogP) is 13.6. The van der Waals surface area contributed by atoms with Crippen molar-refractivity contribution in [2.24, 2.45) is 0 Å². The summed E-state index contributed by atoms with van der Waals surface area (Å²) in [6.45, 7) is 4.59. The zero-order valence-electron chi connectivity index (χ0n) is 27.8. The first kappa shape index (κ1) is 29.2. The first-order valence-corrected chi connectivity index (χ1v) is 17.2. The summed E-state index contributed by atoms with van der Waals surface area (Å²) in [7, 11) is 0. The molecule has 0 unspecified atom stereocenters. The minimum Gasteiger partial charge on any atom is -0.0738 e. The Hall–Kier alpha value is -5.98. The van der Waals surface area contributed by atoms with Gasteiger partial charge in [0.1, 0.15) is 0 Å². The molecule has 0 heteroatoms. The lowest BCUT2D eigenvalue weighted by atomic mass is 9.81. The minimum atomic E-state index is -0.0777. The second-order valence-corrected chi connectivity index (χ2v) is 13.9. The smallest absolute Gasteiger partial charge is 0.00845 e. The van der Waals surface area contributed by atoms with Gasteiger partial charge in [-0.25, -0.2) is 0 Å². The molecule has 0 heterocycles. The third-order valence-electron chi connectivity index (χ3n) is 10.3. The van der Waals surface area contributed by atoms with Gasteiger partial charge in [-0.3, -0.25) is 0 Å². The molecule has 1 aliphatic carbocycles. The Bertz CT molecular complexity index is 2680. The van der Waals surface area contributed by atoms with Gasteiger partial charge in [0.25, 0.3) is 0 Å². The molecule has 49 heavy (non-hydrogen) atoms. The van der Waals surface area contributed by atoms with Gasteiger partial charge in [-0.2, -0.15) is 0 Å². The molecular weight excluding hydrogens is 589 g/mol. The largest absolute Gasteiger partial charge is 0.0738 e. The quantitative estimate of drug-likeness (QED) is 0.172. The lowest BCUT2D eigenvalue weighted by molar-refractivity contribution is 0.669. The van der Waals surface area contributed by atoms with Crippen LogP contribution in [0, 0.1) is 0 Å². The maximum atomic E-state index is 2.36. The Morgan fingerprint density at radius 2 is 0.980 bits per heavy atom. The van der Waals surface area contributed by atoms with E-state index in [1.54, 1.807) is 0 Å². The van der Waals surface area contributed by atoms with Crippen molar-refractivity contribution in [3.63, 3.8) is 0 Å². The van der Waals surface area contributed by atoms with E-state index in [1.807, 2.05) is 0 Å². The molecule has 8 aromatic carbocycles. The van der Waals surface area contributed by atoms with Crippen molar-refractivity contribution in [1.82, 2.24) is 0 Å². The topological polar surface area (TPSA) is 0 Å². The van der Waals surface area contributed by atoms with Gasteiger partial charge in [-0.15, -0.1) is 0 Å². The van der Waals surface area contributed by atoms with Gasteiger partial charge in [-0.05, 0) is 118 Å². The average molecular weight is 625 g/mol. The molecule has 0 atom stereocenters. The Morgan fingerprint density at radius 1 is 0.408 bits per heavy atom. The fraction of sp³-hybridized carbons (Fsp3) is 0.0612. The SMILES string of the molecule is CC1(C)C=CC(c2ccc3ccc(-c4ccc5ccc(-c6cc7ccccc7c7ccccc67)cc5c4)cc3c2)=CC=Cc2ccccc21. The number of hydrogen-bond donors (Lipinski definition) is 0. The summed E-state index contributed by atoms with van der Waals surface area (Å²) >= 11 is 0. The fourth-order valence-electron chi connectivity index (χ4n) is 7.61. The van der Waals surface area contributed by atoms with Gasteiger partial charge in [0.2, 0.25) is 0 Å². The van der Waals surface area contributed by atoms with Crippen LogP contribution in [0.2, 0.25) is 0 Å². The summed E-state index contributed by atoms with van der Waals surface area (Å²) in [5, 5.41) is 10.1. The van der Waals surface area contributed by atoms with Gasteiger partial charge < -0.3 is 0 Å². The van der Waals surface area contributed by atoms with Crippen LogP contribution in [0.4, 0.5) is 0 Å². The fourth-order valence-corrected chi connectivity index (χ4v) is 7.61.